The van der Waals surface area contributed by atoms with Crippen LogP contribution in [-0.2, 0) is 10.0 Å². The fraction of sp³-hybridized carbons (Fsp3) is 0.0952. The summed E-state index contributed by atoms with van der Waals surface area (Å²) in [5, 5.41) is 3.21. The molecule has 3 aromatic carbocycles. The maximum absolute atomic E-state index is 12.5. The number of benzene rings is 3. The Bertz CT molecular complexity index is 1060. The Morgan fingerprint density at radius 3 is 1.93 bits per heavy atom. The SMILES string of the molecule is CC(=O)c1ccc(Nc2ccc(NS(=O)(=O)c3cccc(C)c3)cc2)cc1. The van der Waals surface area contributed by atoms with Gasteiger partial charge in [0.05, 0.1) is 4.90 Å². The monoisotopic (exact) mass is 380 g/mol. The zero-order valence-corrected chi connectivity index (χ0v) is 15.9. The lowest BCUT2D eigenvalue weighted by Crippen LogP contribution is -2.13. The van der Waals surface area contributed by atoms with E-state index in [2.05, 4.69) is 10.0 Å². The third-order valence-electron chi connectivity index (χ3n) is 4.02. The van der Waals surface area contributed by atoms with Gasteiger partial charge in [-0.25, -0.2) is 8.42 Å². The summed E-state index contributed by atoms with van der Waals surface area (Å²) >= 11 is 0. The second-order valence-electron chi connectivity index (χ2n) is 6.26. The summed E-state index contributed by atoms with van der Waals surface area (Å²) in [5.74, 6) is 0.0202. The van der Waals surface area contributed by atoms with Gasteiger partial charge in [-0.1, -0.05) is 12.1 Å². The van der Waals surface area contributed by atoms with Crippen LogP contribution in [0.4, 0.5) is 17.1 Å². The third-order valence-corrected chi connectivity index (χ3v) is 5.40. The molecule has 0 aromatic heterocycles. The number of nitrogens with one attached hydrogen (secondary N) is 2. The molecule has 0 fully saturated rings. The van der Waals surface area contributed by atoms with Crippen molar-refractivity contribution in [2.24, 2.45) is 0 Å². The molecule has 0 aliphatic heterocycles. The van der Waals surface area contributed by atoms with Crippen LogP contribution in [0.1, 0.15) is 22.8 Å². The van der Waals surface area contributed by atoms with Crippen LogP contribution in [0.15, 0.2) is 77.7 Å². The highest BCUT2D eigenvalue weighted by Gasteiger charge is 2.14. The minimum absolute atomic E-state index is 0.0202. The van der Waals surface area contributed by atoms with E-state index in [1.54, 1.807) is 54.6 Å². The van der Waals surface area contributed by atoms with E-state index in [-0.39, 0.29) is 10.7 Å². The van der Waals surface area contributed by atoms with E-state index in [9.17, 15) is 13.2 Å². The lowest BCUT2D eigenvalue weighted by atomic mass is 10.1. The molecular formula is C21H20N2O3S. The molecule has 0 saturated carbocycles. The Kier molecular flexibility index (Phi) is 5.28. The van der Waals surface area contributed by atoms with Crippen molar-refractivity contribution < 1.29 is 13.2 Å². The van der Waals surface area contributed by atoms with E-state index in [4.69, 9.17) is 0 Å². The molecule has 0 unspecified atom stereocenters. The quantitative estimate of drug-likeness (QED) is 0.606. The maximum Gasteiger partial charge on any atom is 0.261 e. The van der Waals surface area contributed by atoms with Gasteiger partial charge in [0.2, 0.25) is 0 Å². The van der Waals surface area contributed by atoms with Gasteiger partial charge in [-0.15, -0.1) is 0 Å². The van der Waals surface area contributed by atoms with Crippen LogP contribution < -0.4 is 10.0 Å². The Morgan fingerprint density at radius 2 is 1.37 bits per heavy atom. The first kappa shape index (κ1) is 18.7. The molecule has 0 heterocycles. The van der Waals surface area contributed by atoms with Crippen LogP contribution in [0.5, 0.6) is 0 Å². The highest BCUT2D eigenvalue weighted by Crippen LogP contribution is 2.22. The minimum Gasteiger partial charge on any atom is -0.356 e. The lowest BCUT2D eigenvalue weighted by molar-refractivity contribution is 0.101. The summed E-state index contributed by atoms with van der Waals surface area (Å²) in [5.41, 5.74) is 3.67. The highest BCUT2D eigenvalue weighted by molar-refractivity contribution is 7.92. The van der Waals surface area contributed by atoms with E-state index in [0.29, 0.717) is 11.3 Å². The number of rotatable bonds is 6. The van der Waals surface area contributed by atoms with Gasteiger partial charge in [-0.05, 0) is 80.1 Å². The van der Waals surface area contributed by atoms with Crippen molar-refractivity contribution in [2.75, 3.05) is 10.0 Å². The lowest BCUT2D eigenvalue weighted by Gasteiger charge is -2.11. The molecule has 3 aromatic rings. The number of hydrogen-bond donors (Lipinski definition) is 2. The minimum atomic E-state index is -3.62. The number of aryl methyl sites for hydroxylation is 1. The highest BCUT2D eigenvalue weighted by atomic mass is 32.2. The van der Waals surface area contributed by atoms with Gasteiger partial charge in [-0.3, -0.25) is 9.52 Å². The molecule has 6 heteroatoms. The molecule has 0 aliphatic rings. The first-order valence-corrected chi connectivity index (χ1v) is 9.89. The molecule has 0 saturated heterocycles. The van der Waals surface area contributed by atoms with Gasteiger partial charge in [-0.2, -0.15) is 0 Å². The van der Waals surface area contributed by atoms with Crippen molar-refractivity contribution in [1.29, 1.82) is 0 Å². The van der Waals surface area contributed by atoms with Gasteiger partial charge in [0.15, 0.2) is 5.78 Å². The molecule has 0 radical (unpaired) electrons. The molecule has 0 aliphatic carbocycles. The van der Waals surface area contributed by atoms with Crippen LogP contribution in [-0.4, -0.2) is 14.2 Å². The number of Topliss-reactive ketones (excluding diaryl/α,β-unsaturated/α-hetero) is 1. The predicted molar refractivity (Wildman–Crippen MR) is 108 cm³/mol. The largest absolute Gasteiger partial charge is 0.356 e. The number of carbonyl (C=O) groups is 1. The summed E-state index contributed by atoms with van der Waals surface area (Å²) in [6.45, 7) is 3.38. The topological polar surface area (TPSA) is 75.3 Å². The zero-order chi connectivity index (χ0) is 19.4. The van der Waals surface area contributed by atoms with E-state index in [1.165, 1.54) is 6.92 Å². The summed E-state index contributed by atoms with van der Waals surface area (Å²) in [6.07, 6.45) is 0. The van der Waals surface area contributed by atoms with Crippen molar-refractivity contribution in [3.63, 3.8) is 0 Å². The van der Waals surface area contributed by atoms with Crippen molar-refractivity contribution in [1.82, 2.24) is 0 Å². The van der Waals surface area contributed by atoms with Gasteiger partial charge in [0.1, 0.15) is 0 Å². The average molecular weight is 380 g/mol. The standard InChI is InChI=1S/C21H20N2O3S/c1-15-4-3-5-21(14-15)27(25,26)23-20-12-10-19(11-13-20)22-18-8-6-17(7-9-18)16(2)24/h3-14,22-23H,1-2H3. The van der Waals surface area contributed by atoms with Crippen molar-refractivity contribution >= 4 is 32.9 Å². The van der Waals surface area contributed by atoms with E-state index >= 15 is 0 Å². The summed E-state index contributed by atoms with van der Waals surface area (Å²) in [6, 6.07) is 20.9. The second-order valence-corrected chi connectivity index (χ2v) is 7.94. The molecule has 3 rings (SSSR count). The Hall–Kier alpha value is -3.12. The molecule has 2 N–H and O–H groups in total. The van der Waals surface area contributed by atoms with Crippen LogP contribution in [0.25, 0.3) is 0 Å². The van der Waals surface area contributed by atoms with E-state index < -0.39 is 10.0 Å². The van der Waals surface area contributed by atoms with Crippen molar-refractivity contribution in [2.45, 2.75) is 18.7 Å². The fourth-order valence-electron chi connectivity index (χ4n) is 2.57. The number of hydrogen-bond acceptors (Lipinski definition) is 4. The number of carbonyl (C=O) groups excluding carboxylic acids is 1. The van der Waals surface area contributed by atoms with Gasteiger partial charge in [0.25, 0.3) is 10.0 Å². The molecule has 0 atom stereocenters. The Morgan fingerprint density at radius 1 is 0.815 bits per heavy atom. The number of anilines is 3. The van der Waals surface area contributed by atoms with Gasteiger partial charge >= 0.3 is 0 Å². The Balaban J connectivity index is 1.70. The molecule has 0 spiro atoms. The van der Waals surface area contributed by atoms with Gasteiger partial charge < -0.3 is 5.32 Å². The predicted octanol–water partition coefficient (Wildman–Crippen LogP) is 4.74. The van der Waals surface area contributed by atoms with E-state index in [1.807, 2.05) is 25.1 Å². The first-order chi connectivity index (χ1) is 12.8. The molecule has 0 bridgehead atoms. The molecule has 138 valence electrons. The fourth-order valence-corrected chi connectivity index (χ4v) is 3.74. The smallest absolute Gasteiger partial charge is 0.261 e. The third kappa shape index (κ3) is 4.74. The van der Waals surface area contributed by atoms with Crippen LogP contribution in [0, 0.1) is 6.92 Å². The van der Waals surface area contributed by atoms with Crippen molar-refractivity contribution in [3.05, 3.63) is 83.9 Å². The first-order valence-electron chi connectivity index (χ1n) is 8.41. The molecule has 5 nitrogen and oxygen atoms in total. The second kappa shape index (κ2) is 7.63. The number of ketones is 1. The summed E-state index contributed by atoms with van der Waals surface area (Å²) < 4.78 is 27.5. The maximum atomic E-state index is 12.5. The molecule has 27 heavy (non-hydrogen) atoms. The van der Waals surface area contributed by atoms with Crippen LogP contribution >= 0.6 is 0 Å². The van der Waals surface area contributed by atoms with Crippen molar-refractivity contribution in [3.8, 4) is 0 Å². The number of sulfonamides is 1. The van der Waals surface area contributed by atoms with E-state index in [0.717, 1.165) is 16.9 Å². The van der Waals surface area contributed by atoms with Gasteiger partial charge in [0, 0.05) is 22.6 Å². The van der Waals surface area contributed by atoms with Crippen LogP contribution in [0.3, 0.4) is 0 Å². The Labute approximate surface area is 159 Å². The average Bonchev–Trinajstić information content (AvgIpc) is 2.63. The summed E-state index contributed by atoms with van der Waals surface area (Å²) in [4.78, 5) is 11.5. The summed E-state index contributed by atoms with van der Waals surface area (Å²) in [7, 11) is -3.62. The normalized spacial score (nSPS) is 11.0. The van der Waals surface area contributed by atoms with Crippen LogP contribution in [0.2, 0.25) is 0 Å². The molecular weight excluding hydrogens is 360 g/mol. The zero-order valence-electron chi connectivity index (χ0n) is 15.1. The molecule has 0 amide bonds.